The average Bonchev–Trinajstić information content (AvgIpc) is 2.67. The molecular formula is C17H33N3O2. The van der Waals surface area contributed by atoms with Gasteiger partial charge >= 0.3 is 6.09 Å². The van der Waals surface area contributed by atoms with Crippen LogP contribution in [-0.4, -0.2) is 33.1 Å². The number of aryl methyl sites for hydroxylation is 2. The van der Waals surface area contributed by atoms with Gasteiger partial charge in [-0.2, -0.15) is 0 Å². The number of H-pyrrole nitrogens is 1. The second kappa shape index (κ2) is 8.81. The molecule has 0 aliphatic rings. The van der Waals surface area contributed by atoms with Crippen molar-refractivity contribution in [2.45, 2.75) is 74.5 Å². The minimum absolute atomic E-state index is 0.294. The second-order valence-corrected chi connectivity index (χ2v) is 6.65. The number of rotatable bonds is 4. The summed E-state index contributed by atoms with van der Waals surface area (Å²) in [4.78, 5) is 21.6. The maximum atomic E-state index is 12.3. The van der Waals surface area contributed by atoms with E-state index in [0.717, 1.165) is 17.2 Å². The fourth-order valence-corrected chi connectivity index (χ4v) is 1.85. The molecule has 0 bridgehead atoms. The lowest BCUT2D eigenvalue weighted by atomic mass is 10.2. The number of carbonyl (C=O) groups is 1. The Bertz CT molecular complexity index is 439. The molecule has 1 aromatic rings. The van der Waals surface area contributed by atoms with E-state index in [1.807, 2.05) is 48.5 Å². The molecular weight excluding hydrogens is 278 g/mol. The molecule has 0 fully saturated rings. The quantitative estimate of drug-likeness (QED) is 0.894. The van der Waals surface area contributed by atoms with Crippen molar-refractivity contribution in [3.63, 3.8) is 0 Å². The van der Waals surface area contributed by atoms with Gasteiger partial charge in [0.25, 0.3) is 0 Å². The molecule has 0 aliphatic heterocycles. The van der Waals surface area contributed by atoms with Crippen molar-refractivity contribution in [3.8, 4) is 0 Å². The smallest absolute Gasteiger partial charge is 0.410 e. The Kier molecular flexibility index (Phi) is 8.20. The first-order chi connectivity index (χ1) is 10.1. The summed E-state index contributed by atoms with van der Waals surface area (Å²) in [5, 5.41) is 0. The van der Waals surface area contributed by atoms with Crippen molar-refractivity contribution in [2.24, 2.45) is 5.92 Å². The molecule has 5 heteroatoms. The molecule has 22 heavy (non-hydrogen) atoms. The summed E-state index contributed by atoms with van der Waals surface area (Å²) in [6, 6.07) is 0. The van der Waals surface area contributed by atoms with Crippen LogP contribution >= 0.6 is 0 Å². The predicted octanol–water partition coefficient (Wildman–Crippen LogP) is 4.45. The number of aromatic nitrogens is 2. The standard InChI is InChI=1S/C15H27N3O2.C2H6/c1-10(2)8-18(14(19)20-15(5,6)7)9-13-16-11(3)12(4)17-13;1-2/h10H,8-9H2,1-7H3,(H,16,17);1-2H3. The number of nitrogens with one attached hydrogen (secondary N) is 1. The van der Waals surface area contributed by atoms with Gasteiger partial charge in [-0.15, -0.1) is 0 Å². The van der Waals surface area contributed by atoms with Crippen molar-refractivity contribution >= 4 is 6.09 Å². The van der Waals surface area contributed by atoms with Crippen molar-refractivity contribution < 1.29 is 9.53 Å². The molecule has 1 amide bonds. The number of carbonyl (C=O) groups excluding carboxylic acids is 1. The highest BCUT2D eigenvalue weighted by molar-refractivity contribution is 5.68. The van der Waals surface area contributed by atoms with E-state index in [2.05, 4.69) is 23.8 Å². The third-order valence-electron chi connectivity index (χ3n) is 2.76. The van der Waals surface area contributed by atoms with Crippen LogP contribution in [0.15, 0.2) is 0 Å². The normalized spacial score (nSPS) is 11.0. The van der Waals surface area contributed by atoms with Crippen LogP contribution < -0.4 is 0 Å². The summed E-state index contributed by atoms with van der Waals surface area (Å²) in [6.45, 7) is 18.8. The number of imidazole rings is 1. The van der Waals surface area contributed by atoms with E-state index < -0.39 is 5.60 Å². The van der Waals surface area contributed by atoms with Gasteiger partial charge in [0.2, 0.25) is 0 Å². The number of amides is 1. The van der Waals surface area contributed by atoms with E-state index in [9.17, 15) is 4.79 Å². The van der Waals surface area contributed by atoms with Crippen molar-refractivity contribution in [3.05, 3.63) is 17.2 Å². The highest BCUT2D eigenvalue weighted by atomic mass is 16.6. The topological polar surface area (TPSA) is 58.2 Å². The van der Waals surface area contributed by atoms with Crippen LogP contribution in [0.5, 0.6) is 0 Å². The maximum Gasteiger partial charge on any atom is 0.410 e. The second-order valence-electron chi connectivity index (χ2n) is 6.65. The number of ether oxygens (including phenoxy) is 1. The summed E-state index contributed by atoms with van der Waals surface area (Å²) in [5.41, 5.74) is 1.52. The van der Waals surface area contributed by atoms with E-state index in [4.69, 9.17) is 4.74 Å². The zero-order chi connectivity index (χ0) is 17.5. The van der Waals surface area contributed by atoms with Crippen molar-refractivity contribution in [1.82, 2.24) is 14.9 Å². The first-order valence-corrected chi connectivity index (χ1v) is 8.08. The summed E-state index contributed by atoms with van der Waals surface area (Å²) in [6.07, 6.45) is -0.294. The molecule has 1 heterocycles. The van der Waals surface area contributed by atoms with E-state index in [1.54, 1.807) is 4.90 Å². The van der Waals surface area contributed by atoms with Gasteiger partial charge in [0.05, 0.1) is 12.2 Å². The lowest BCUT2D eigenvalue weighted by molar-refractivity contribution is 0.0206. The molecule has 0 radical (unpaired) electrons. The molecule has 0 saturated carbocycles. The SMILES string of the molecule is CC.Cc1nc(CN(CC(C)C)C(=O)OC(C)(C)C)[nH]c1C. The molecule has 1 N–H and O–H groups in total. The van der Waals surface area contributed by atoms with Gasteiger partial charge in [-0.3, -0.25) is 0 Å². The van der Waals surface area contributed by atoms with Crippen LogP contribution in [-0.2, 0) is 11.3 Å². The van der Waals surface area contributed by atoms with Gasteiger partial charge in [-0.25, -0.2) is 9.78 Å². The Labute approximate surface area is 135 Å². The van der Waals surface area contributed by atoms with Crippen LogP contribution in [0.1, 0.15) is 65.7 Å². The van der Waals surface area contributed by atoms with Crippen molar-refractivity contribution in [1.29, 1.82) is 0 Å². The zero-order valence-electron chi connectivity index (χ0n) is 15.7. The first-order valence-electron chi connectivity index (χ1n) is 8.08. The molecule has 0 saturated heterocycles. The van der Waals surface area contributed by atoms with Gasteiger partial charge < -0.3 is 14.6 Å². The largest absolute Gasteiger partial charge is 0.444 e. The zero-order valence-corrected chi connectivity index (χ0v) is 15.7. The highest BCUT2D eigenvalue weighted by Crippen LogP contribution is 2.14. The van der Waals surface area contributed by atoms with Gasteiger partial charge in [0.1, 0.15) is 11.4 Å². The Balaban J connectivity index is 0.00000211. The fourth-order valence-electron chi connectivity index (χ4n) is 1.85. The van der Waals surface area contributed by atoms with Crippen LogP contribution in [0.4, 0.5) is 4.79 Å². The molecule has 0 atom stereocenters. The van der Waals surface area contributed by atoms with E-state index in [1.165, 1.54) is 0 Å². The Hall–Kier alpha value is -1.52. The van der Waals surface area contributed by atoms with E-state index in [-0.39, 0.29) is 6.09 Å². The highest BCUT2D eigenvalue weighted by Gasteiger charge is 2.23. The molecule has 0 unspecified atom stereocenters. The number of hydrogen-bond donors (Lipinski definition) is 1. The van der Waals surface area contributed by atoms with Crippen molar-refractivity contribution in [2.75, 3.05) is 6.54 Å². The van der Waals surface area contributed by atoms with E-state index in [0.29, 0.717) is 19.0 Å². The molecule has 1 aromatic heterocycles. The lowest BCUT2D eigenvalue weighted by Crippen LogP contribution is -2.38. The predicted molar refractivity (Wildman–Crippen MR) is 90.9 cm³/mol. The fraction of sp³-hybridized carbons (Fsp3) is 0.765. The maximum absolute atomic E-state index is 12.3. The van der Waals surface area contributed by atoms with Crippen LogP contribution in [0.3, 0.4) is 0 Å². The Morgan fingerprint density at radius 1 is 1.27 bits per heavy atom. The van der Waals surface area contributed by atoms with Crippen LogP contribution in [0.2, 0.25) is 0 Å². The Morgan fingerprint density at radius 3 is 2.18 bits per heavy atom. The molecule has 128 valence electrons. The minimum Gasteiger partial charge on any atom is -0.444 e. The average molecular weight is 311 g/mol. The third-order valence-corrected chi connectivity index (χ3v) is 2.76. The summed E-state index contributed by atoms with van der Waals surface area (Å²) in [5.74, 6) is 1.17. The lowest BCUT2D eigenvalue weighted by Gasteiger charge is -2.28. The molecule has 0 spiro atoms. The van der Waals surface area contributed by atoms with Crippen LogP contribution in [0, 0.1) is 19.8 Å². The number of aromatic amines is 1. The third kappa shape index (κ3) is 7.48. The number of nitrogens with zero attached hydrogens (tertiary/aromatic N) is 2. The Morgan fingerprint density at radius 2 is 1.82 bits per heavy atom. The van der Waals surface area contributed by atoms with Crippen LogP contribution in [0.25, 0.3) is 0 Å². The molecule has 0 aromatic carbocycles. The summed E-state index contributed by atoms with van der Waals surface area (Å²) >= 11 is 0. The van der Waals surface area contributed by atoms with E-state index >= 15 is 0 Å². The number of hydrogen-bond acceptors (Lipinski definition) is 3. The van der Waals surface area contributed by atoms with Gasteiger partial charge in [0, 0.05) is 12.2 Å². The molecule has 5 nitrogen and oxygen atoms in total. The molecule has 0 aliphatic carbocycles. The molecule has 1 rings (SSSR count). The monoisotopic (exact) mass is 311 g/mol. The van der Waals surface area contributed by atoms with Gasteiger partial charge in [-0.05, 0) is 40.5 Å². The summed E-state index contributed by atoms with van der Waals surface area (Å²) < 4.78 is 5.46. The summed E-state index contributed by atoms with van der Waals surface area (Å²) in [7, 11) is 0. The first kappa shape index (κ1) is 20.5. The minimum atomic E-state index is -0.485. The van der Waals surface area contributed by atoms with Gasteiger partial charge in [0.15, 0.2) is 0 Å². The van der Waals surface area contributed by atoms with Gasteiger partial charge in [-0.1, -0.05) is 27.7 Å².